The molecule has 1 aromatic carbocycles. The molecule has 0 fully saturated rings. The van der Waals surface area contributed by atoms with Crippen LogP contribution in [0.4, 0.5) is 18.9 Å². The van der Waals surface area contributed by atoms with Crippen LogP contribution in [0.15, 0.2) is 24.3 Å². The van der Waals surface area contributed by atoms with Crippen LogP contribution in [-0.4, -0.2) is 16.1 Å². The van der Waals surface area contributed by atoms with E-state index < -0.39 is 17.6 Å². The Hall–Kier alpha value is -2.51. The van der Waals surface area contributed by atoms with Gasteiger partial charge < -0.3 is 11.1 Å². The smallest absolute Gasteiger partial charge is 0.395 e. The first kappa shape index (κ1) is 14.9. The van der Waals surface area contributed by atoms with Crippen molar-refractivity contribution in [3.05, 3.63) is 46.8 Å². The number of amides is 1. The molecule has 5 nitrogen and oxygen atoms in total. The Kier molecular flexibility index (Phi) is 3.88. The summed E-state index contributed by atoms with van der Waals surface area (Å²) < 4.78 is 37.2. The molecule has 0 saturated carbocycles. The van der Waals surface area contributed by atoms with Crippen molar-refractivity contribution in [1.29, 1.82) is 0 Å². The van der Waals surface area contributed by atoms with Crippen molar-refractivity contribution in [3.63, 3.8) is 0 Å². The van der Waals surface area contributed by atoms with Crippen LogP contribution in [-0.2, 0) is 12.7 Å². The van der Waals surface area contributed by atoms with Crippen LogP contribution in [0.2, 0.25) is 0 Å². The Morgan fingerprint density at radius 2 is 1.95 bits per heavy atom. The number of H-pyrrole nitrogens is 1. The number of nitrogens with zero attached hydrogens (tertiary/aromatic N) is 1. The molecule has 0 aliphatic heterocycles. The number of halogens is 3. The molecular weight excluding hydrogens is 285 g/mol. The minimum atomic E-state index is -4.37. The first-order chi connectivity index (χ1) is 9.79. The molecule has 0 bridgehead atoms. The van der Waals surface area contributed by atoms with Crippen LogP contribution in [0.1, 0.15) is 27.3 Å². The summed E-state index contributed by atoms with van der Waals surface area (Å²) in [6.07, 6.45) is -4.37. The number of aryl methyl sites for hydroxylation is 1. The van der Waals surface area contributed by atoms with Crippen molar-refractivity contribution in [3.8, 4) is 0 Å². The number of nitrogens with one attached hydrogen (secondary N) is 2. The zero-order valence-electron chi connectivity index (χ0n) is 11.1. The Morgan fingerprint density at radius 1 is 1.33 bits per heavy atom. The molecular formula is C13H13F3N4O. The van der Waals surface area contributed by atoms with E-state index in [1.54, 1.807) is 6.92 Å². The number of carbonyl (C=O) groups excluding carboxylic acids is 1. The Bertz CT molecular complexity index is 646. The van der Waals surface area contributed by atoms with Crippen LogP contribution in [0.5, 0.6) is 0 Å². The molecule has 112 valence electrons. The van der Waals surface area contributed by atoms with E-state index in [-0.39, 0.29) is 17.9 Å². The molecule has 0 atom stereocenters. The zero-order chi connectivity index (χ0) is 15.6. The summed E-state index contributed by atoms with van der Waals surface area (Å²) in [5.41, 5.74) is 6.37. The average Bonchev–Trinajstić information content (AvgIpc) is 2.76. The molecule has 0 radical (unpaired) electrons. The number of aromatic nitrogens is 2. The minimum Gasteiger partial charge on any atom is -0.395 e. The SMILES string of the molecule is Cc1[nH]nc(C(=O)NCc2ccc(C(F)(F)F)cc2)c1N. The summed E-state index contributed by atoms with van der Waals surface area (Å²) >= 11 is 0. The van der Waals surface area contributed by atoms with E-state index in [1.807, 2.05) is 0 Å². The predicted molar refractivity (Wildman–Crippen MR) is 70.4 cm³/mol. The lowest BCUT2D eigenvalue weighted by molar-refractivity contribution is -0.137. The van der Waals surface area contributed by atoms with Crippen molar-refractivity contribution >= 4 is 11.6 Å². The molecule has 1 heterocycles. The van der Waals surface area contributed by atoms with E-state index in [4.69, 9.17) is 5.73 Å². The number of nitrogen functional groups attached to an aromatic ring is 1. The number of alkyl halides is 3. The fourth-order valence-corrected chi connectivity index (χ4v) is 1.69. The van der Waals surface area contributed by atoms with Crippen molar-refractivity contribution < 1.29 is 18.0 Å². The summed E-state index contributed by atoms with van der Waals surface area (Å²) in [4.78, 5) is 11.8. The molecule has 1 aromatic heterocycles. The second kappa shape index (κ2) is 5.47. The minimum absolute atomic E-state index is 0.0689. The van der Waals surface area contributed by atoms with Gasteiger partial charge >= 0.3 is 6.18 Å². The van der Waals surface area contributed by atoms with E-state index in [2.05, 4.69) is 15.5 Å². The monoisotopic (exact) mass is 298 g/mol. The van der Waals surface area contributed by atoms with E-state index in [9.17, 15) is 18.0 Å². The number of hydrogen-bond donors (Lipinski definition) is 3. The highest BCUT2D eigenvalue weighted by Gasteiger charge is 2.29. The third kappa shape index (κ3) is 3.33. The maximum absolute atomic E-state index is 12.4. The number of anilines is 1. The average molecular weight is 298 g/mol. The van der Waals surface area contributed by atoms with Gasteiger partial charge in [-0.05, 0) is 24.6 Å². The summed E-state index contributed by atoms with van der Waals surface area (Å²) in [5, 5.41) is 8.89. The first-order valence-electron chi connectivity index (χ1n) is 6.04. The third-order valence-corrected chi connectivity index (χ3v) is 2.94. The molecule has 0 spiro atoms. The largest absolute Gasteiger partial charge is 0.416 e. The van der Waals surface area contributed by atoms with E-state index >= 15 is 0 Å². The summed E-state index contributed by atoms with van der Waals surface area (Å²) in [6.45, 7) is 1.76. The topological polar surface area (TPSA) is 83.8 Å². The fourth-order valence-electron chi connectivity index (χ4n) is 1.69. The summed E-state index contributed by atoms with van der Waals surface area (Å²) in [6, 6.07) is 4.55. The molecule has 21 heavy (non-hydrogen) atoms. The van der Waals surface area contributed by atoms with E-state index in [1.165, 1.54) is 12.1 Å². The standard InChI is InChI=1S/C13H13F3N4O/c1-7-10(17)11(20-19-7)12(21)18-6-8-2-4-9(5-3-8)13(14,15)16/h2-5H,6,17H2,1H3,(H,18,21)(H,19,20). The van der Waals surface area contributed by atoms with Gasteiger partial charge in [0.25, 0.3) is 5.91 Å². The molecule has 8 heteroatoms. The maximum atomic E-state index is 12.4. The summed E-state index contributed by atoms with van der Waals surface area (Å²) in [7, 11) is 0. The van der Waals surface area contributed by atoms with Crippen LogP contribution >= 0.6 is 0 Å². The van der Waals surface area contributed by atoms with Crippen molar-refractivity contribution in [2.75, 3.05) is 5.73 Å². The van der Waals surface area contributed by atoms with Gasteiger partial charge in [0.1, 0.15) is 0 Å². The lowest BCUT2D eigenvalue weighted by Crippen LogP contribution is -2.24. The van der Waals surface area contributed by atoms with E-state index in [0.717, 1.165) is 12.1 Å². The number of nitrogens with two attached hydrogens (primary N) is 1. The second-order valence-corrected chi connectivity index (χ2v) is 4.49. The van der Waals surface area contributed by atoms with Gasteiger partial charge in [-0.1, -0.05) is 12.1 Å². The molecule has 2 rings (SSSR count). The fraction of sp³-hybridized carbons (Fsp3) is 0.231. The number of benzene rings is 1. The second-order valence-electron chi connectivity index (χ2n) is 4.49. The van der Waals surface area contributed by atoms with Crippen LogP contribution in [0, 0.1) is 6.92 Å². The van der Waals surface area contributed by atoms with Gasteiger partial charge in [0.2, 0.25) is 0 Å². The molecule has 0 aliphatic rings. The third-order valence-electron chi connectivity index (χ3n) is 2.94. The van der Waals surface area contributed by atoms with Crippen LogP contribution in [0.25, 0.3) is 0 Å². The highest BCUT2D eigenvalue weighted by atomic mass is 19.4. The quantitative estimate of drug-likeness (QED) is 0.812. The van der Waals surface area contributed by atoms with E-state index in [0.29, 0.717) is 11.3 Å². The van der Waals surface area contributed by atoms with Crippen molar-refractivity contribution in [2.24, 2.45) is 0 Å². The number of aromatic amines is 1. The molecule has 0 saturated heterocycles. The van der Waals surface area contributed by atoms with Gasteiger partial charge in [-0.25, -0.2) is 0 Å². The highest BCUT2D eigenvalue weighted by molar-refractivity contribution is 5.97. The zero-order valence-corrected chi connectivity index (χ0v) is 11.1. The van der Waals surface area contributed by atoms with Gasteiger partial charge in [-0.15, -0.1) is 0 Å². The highest BCUT2D eigenvalue weighted by Crippen LogP contribution is 2.29. The van der Waals surface area contributed by atoms with Crippen molar-refractivity contribution in [2.45, 2.75) is 19.6 Å². The Balaban J connectivity index is 2.00. The molecule has 4 N–H and O–H groups in total. The van der Waals surface area contributed by atoms with Crippen LogP contribution < -0.4 is 11.1 Å². The Labute approximate surface area is 118 Å². The normalized spacial score (nSPS) is 11.4. The molecule has 0 unspecified atom stereocenters. The van der Waals surface area contributed by atoms with Crippen LogP contribution in [0.3, 0.4) is 0 Å². The van der Waals surface area contributed by atoms with Gasteiger partial charge in [-0.2, -0.15) is 18.3 Å². The molecule has 2 aromatic rings. The first-order valence-corrected chi connectivity index (χ1v) is 6.04. The predicted octanol–water partition coefficient (Wildman–Crippen LogP) is 2.25. The number of carbonyl (C=O) groups is 1. The van der Waals surface area contributed by atoms with Crippen molar-refractivity contribution in [1.82, 2.24) is 15.5 Å². The van der Waals surface area contributed by atoms with Gasteiger partial charge in [0, 0.05) is 6.54 Å². The molecule has 1 amide bonds. The number of hydrogen-bond acceptors (Lipinski definition) is 3. The van der Waals surface area contributed by atoms with Gasteiger partial charge in [0.05, 0.1) is 16.9 Å². The molecule has 0 aliphatic carbocycles. The maximum Gasteiger partial charge on any atom is 0.416 e. The lowest BCUT2D eigenvalue weighted by atomic mass is 10.1. The summed E-state index contributed by atoms with van der Waals surface area (Å²) in [5.74, 6) is -0.489. The Morgan fingerprint density at radius 3 is 2.43 bits per heavy atom. The van der Waals surface area contributed by atoms with Gasteiger partial charge in [-0.3, -0.25) is 9.89 Å². The van der Waals surface area contributed by atoms with Gasteiger partial charge in [0.15, 0.2) is 5.69 Å². The lowest BCUT2D eigenvalue weighted by Gasteiger charge is -2.08. The number of rotatable bonds is 3.